The molecule has 0 heterocycles. The Morgan fingerprint density at radius 2 is 1.47 bits per heavy atom. The van der Waals surface area contributed by atoms with Crippen molar-refractivity contribution in [3.05, 3.63) is 0 Å². The number of rotatable bonds is 8. The van der Waals surface area contributed by atoms with E-state index in [4.69, 9.17) is 9.05 Å². The Morgan fingerprint density at radius 3 is 1.71 bits per heavy atom. The van der Waals surface area contributed by atoms with Crippen molar-refractivity contribution < 1.29 is 47.6 Å². The van der Waals surface area contributed by atoms with Crippen molar-refractivity contribution in [2.75, 3.05) is 13.2 Å². The zero-order valence-electron chi connectivity index (χ0n) is 10.9. The van der Waals surface area contributed by atoms with E-state index in [2.05, 4.69) is 16.5 Å². The van der Waals surface area contributed by atoms with Crippen molar-refractivity contribution >= 4 is 14.2 Å². The van der Waals surface area contributed by atoms with Crippen molar-refractivity contribution in [2.45, 2.75) is 46.5 Å². The first-order chi connectivity index (χ1) is 8.08. The largest absolute Gasteiger partial charge is 0.697 e. The van der Waals surface area contributed by atoms with Gasteiger partial charge in [-0.1, -0.05) is 26.7 Å². The molecule has 5 nitrogen and oxygen atoms in total. The SMILES string of the molecule is CC(=O)[O][Hg].CCCCO[P+](=O)OCCCC. The second kappa shape index (κ2) is 16.4. The Labute approximate surface area is 121 Å². The first-order valence-electron chi connectivity index (χ1n) is 5.74. The average Bonchev–Trinajstić information content (AvgIpc) is 2.30. The quantitative estimate of drug-likeness (QED) is 0.321. The molecule has 17 heavy (non-hydrogen) atoms. The second-order valence-electron chi connectivity index (χ2n) is 3.23. The maximum absolute atomic E-state index is 10.9. The molecule has 0 aromatic rings. The zero-order valence-corrected chi connectivity index (χ0v) is 17.3. The minimum absolute atomic E-state index is 0.159. The van der Waals surface area contributed by atoms with Crippen LogP contribution in [0.5, 0.6) is 0 Å². The van der Waals surface area contributed by atoms with Gasteiger partial charge in [0.25, 0.3) is 0 Å². The average molecular weight is 453 g/mol. The molecule has 0 aromatic heterocycles. The molecule has 0 amide bonds. The van der Waals surface area contributed by atoms with E-state index in [0.717, 1.165) is 25.7 Å². The Hall–Kier alpha value is 0.425. The van der Waals surface area contributed by atoms with Gasteiger partial charge in [0.05, 0.1) is 0 Å². The summed E-state index contributed by atoms with van der Waals surface area (Å²) in [5.41, 5.74) is 0. The molecule has 0 fully saturated rings. The molecule has 0 aliphatic heterocycles. The Morgan fingerprint density at radius 1 is 1.12 bits per heavy atom. The van der Waals surface area contributed by atoms with Crippen LogP contribution in [0.2, 0.25) is 0 Å². The van der Waals surface area contributed by atoms with Crippen LogP contribution in [-0.2, 0) is 47.6 Å². The first-order valence-corrected chi connectivity index (χ1v) is 9.08. The third-order valence-electron chi connectivity index (χ3n) is 1.59. The standard InChI is InChI=1S/C8H18O3P.C2H4O2.Hg/c1-3-5-7-10-12(9)11-8-6-4-2;1-2(3)4;/h3-8H2,1-2H3;1H3,(H,3,4);/q+1;;+1/p-1. The smallest absolute Gasteiger partial charge is 0.119 e. The van der Waals surface area contributed by atoms with Crippen LogP contribution in [0.4, 0.5) is 0 Å². The molecule has 0 radical (unpaired) electrons. The van der Waals surface area contributed by atoms with Gasteiger partial charge in [-0.15, -0.1) is 9.05 Å². The number of hydrogen-bond donors (Lipinski definition) is 0. The summed E-state index contributed by atoms with van der Waals surface area (Å²) in [7, 11) is -1.85. The molecule has 0 saturated heterocycles. The van der Waals surface area contributed by atoms with Gasteiger partial charge in [0, 0.05) is 4.57 Å². The van der Waals surface area contributed by atoms with Crippen molar-refractivity contribution in [1.82, 2.24) is 0 Å². The monoisotopic (exact) mass is 454 g/mol. The van der Waals surface area contributed by atoms with Crippen molar-refractivity contribution in [1.29, 1.82) is 0 Å². The molecule has 0 bridgehead atoms. The van der Waals surface area contributed by atoms with E-state index >= 15 is 0 Å². The van der Waals surface area contributed by atoms with Crippen LogP contribution in [0.3, 0.4) is 0 Å². The van der Waals surface area contributed by atoms with E-state index in [-0.39, 0.29) is 32.5 Å². The van der Waals surface area contributed by atoms with Crippen LogP contribution in [0.25, 0.3) is 0 Å². The molecule has 0 spiro atoms. The van der Waals surface area contributed by atoms with Gasteiger partial charge in [-0.2, -0.15) is 0 Å². The van der Waals surface area contributed by atoms with E-state index in [0.29, 0.717) is 13.2 Å². The minimum atomic E-state index is -1.85. The zero-order chi connectivity index (χ0) is 13.5. The van der Waals surface area contributed by atoms with Gasteiger partial charge in [-0.05, 0) is 12.8 Å². The van der Waals surface area contributed by atoms with Crippen LogP contribution in [-0.4, -0.2) is 19.2 Å². The summed E-state index contributed by atoms with van der Waals surface area (Å²) in [5.74, 6) is -0.159. The van der Waals surface area contributed by atoms with Gasteiger partial charge >= 0.3 is 55.2 Å². The van der Waals surface area contributed by atoms with Gasteiger partial charge in [-0.25, -0.2) is 0 Å². The molecule has 0 aromatic carbocycles. The molecule has 0 N–H and O–H groups in total. The van der Waals surface area contributed by atoms with Gasteiger partial charge in [0.15, 0.2) is 0 Å². The first kappa shape index (κ1) is 19.8. The van der Waals surface area contributed by atoms with E-state index < -0.39 is 8.25 Å². The Kier molecular flexibility index (Phi) is 19.1. The molecule has 0 saturated carbocycles. The van der Waals surface area contributed by atoms with Crippen LogP contribution < -0.4 is 0 Å². The molecule has 7 heteroatoms. The molecule has 0 aliphatic rings. The predicted octanol–water partition coefficient (Wildman–Crippen LogP) is 3.29. The fourth-order valence-electron chi connectivity index (χ4n) is 0.604. The Bertz CT molecular complexity index is 189. The van der Waals surface area contributed by atoms with Crippen LogP contribution in [0, 0.1) is 0 Å². The number of carbonyl (C=O) groups excluding carboxylic acids is 1. The predicted molar refractivity (Wildman–Crippen MR) is 61.1 cm³/mol. The number of unbranched alkanes of at least 4 members (excludes halogenated alkanes) is 2. The summed E-state index contributed by atoms with van der Waals surface area (Å²) >= 11 is 0.194. The fraction of sp³-hybridized carbons (Fsp3) is 0.900. The summed E-state index contributed by atoms with van der Waals surface area (Å²) < 4.78 is 25.0. The summed E-state index contributed by atoms with van der Waals surface area (Å²) in [6.45, 7) is 6.62. The number of hydrogen-bond acceptors (Lipinski definition) is 5. The van der Waals surface area contributed by atoms with Crippen LogP contribution in [0.15, 0.2) is 0 Å². The maximum Gasteiger partial charge on any atom is 0.697 e. The summed E-state index contributed by atoms with van der Waals surface area (Å²) in [4.78, 5) is 9.64. The number of carbonyl (C=O) groups is 1. The van der Waals surface area contributed by atoms with Crippen molar-refractivity contribution in [3.8, 4) is 0 Å². The topological polar surface area (TPSA) is 61.8 Å². The summed E-state index contributed by atoms with van der Waals surface area (Å²) in [5, 5.41) is 0. The van der Waals surface area contributed by atoms with E-state index in [1.807, 2.05) is 0 Å². The second-order valence-corrected chi connectivity index (χ2v) is 5.32. The van der Waals surface area contributed by atoms with Gasteiger partial charge < -0.3 is 0 Å². The van der Waals surface area contributed by atoms with Gasteiger partial charge in [-0.3, -0.25) is 0 Å². The third-order valence-corrected chi connectivity index (χ3v) is 3.96. The van der Waals surface area contributed by atoms with E-state index in [1.165, 1.54) is 6.92 Å². The molecule has 97 valence electrons. The maximum atomic E-state index is 10.9. The summed E-state index contributed by atoms with van der Waals surface area (Å²) in [6, 6.07) is 0. The Balaban J connectivity index is 0. The third kappa shape index (κ3) is 22.1. The van der Waals surface area contributed by atoms with Crippen LogP contribution >= 0.6 is 8.25 Å². The molecular weight excluding hydrogens is 432 g/mol. The molecule has 0 unspecified atom stereocenters. The molecule has 0 aliphatic carbocycles. The summed E-state index contributed by atoms with van der Waals surface area (Å²) in [6.07, 6.45) is 3.99. The molecular formula is C10H21HgO5P+. The van der Waals surface area contributed by atoms with Gasteiger partial charge in [0.1, 0.15) is 13.2 Å². The van der Waals surface area contributed by atoms with Gasteiger partial charge in [0.2, 0.25) is 0 Å². The van der Waals surface area contributed by atoms with E-state index in [9.17, 15) is 9.36 Å². The molecule has 0 rings (SSSR count). The van der Waals surface area contributed by atoms with Crippen molar-refractivity contribution in [2.24, 2.45) is 0 Å². The normalized spacial score (nSPS) is 9.24. The van der Waals surface area contributed by atoms with Crippen molar-refractivity contribution in [3.63, 3.8) is 0 Å². The van der Waals surface area contributed by atoms with Crippen LogP contribution in [0.1, 0.15) is 46.5 Å². The minimum Gasteiger partial charge on any atom is -0.119 e. The fourth-order valence-corrected chi connectivity index (χ4v) is 1.23. The molecule has 0 atom stereocenters. The van der Waals surface area contributed by atoms with E-state index in [1.54, 1.807) is 0 Å².